The monoisotopic (exact) mass is 422 g/mol. The maximum absolute atomic E-state index is 6.20. The van der Waals surface area contributed by atoms with Gasteiger partial charge in [-0.25, -0.2) is 4.98 Å². The van der Waals surface area contributed by atoms with Crippen LogP contribution in [0.3, 0.4) is 0 Å². The third-order valence-corrected chi connectivity index (χ3v) is 5.22. The Hall–Kier alpha value is -2.63. The van der Waals surface area contributed by atoms with Gasteiger partial charge in [-0.2, -0.15) is 0 Å². The molecule has 0 saturated carbocycles. The Morgan fingerprint density at radius 3 is 2.60 bits per heavy atom. The first-order valence-corrected chi connectivity index (χ1v) is 10.7. The van der Waals surface area contributed by atoms with Crippen LogP contribution in [0.4, 0.5) is 0 Å². The molecule has 30 heavy (non-hydrogen) atoms. The molecule has 0 saturated heterocycles. The molecule has 2 aromatic heterocycles. The lowest BCUT2D eigenvalue weighted by Crippen LogP contribution is -2.38. The van der Waals surface area contributed by atoms with Crippen molar-refractivity contribution in [2.75, 3.05) is 6.54 Å². The summed E-state index contributed by atoms with van der Waals surface area (Å²) in [7, 11) is 0. The summed E-state index contributed by atoms with van der Waals surface area (Å²) in [4.78, 5) is 9.32. The van der Waals surface area contributed by atoms with Crippen LogP contribution in [0.1, 0.15) is 32.2 Å². The number of benzene rings is 2. The van der Waals surface area contributed by atoms with Crippen LogP contribution < -0.4 is 10.1 Å². The third-order valence-electron chi connectivity index (χ3n) is 4.98. The molecule has 2 aromatic carbocycles. The molecule has 0 radical (unpaired) electrons. The fraction of sp³-hybridized carbons (Fsp3) is 0.333. The maximum Gasteiger partial charge on any atom is 0.124 e. The summed E-state index contributed by atoms with van der Waals surface area (Å²) in [6, 6.07) is 16.2. The molecule has 5 nitrogen and oxygen atoms in total. The molecular weight excluding hydrogens is 396 g/mol. The summed E-state index contributed by atoms with van der Waals surface area (Å²) in [5, 5.41) is 4.59. The highest BCUT2D eigenvalue weighted by molar-refractivity contribution is 6.17. The average molecular weight is 423 g/mol. The van der Waals surface area contributed by atoms with E-state index < -0.39 is 0 Å². The van der Waals surface area contributed by atoms with E-state index >= 15 is 0 Å². The molecular formula is C24H27ClN4O. The van der Waals surface area contributed by atoms with Gasteiger partial charge < -0.3 is 14.6 Å². The van der Waals surface area contributed by atoms with Crippen molar-refractivity contribution in [1.29, 1.82) is 0 Å². The first-order valence-electron chi connectivity index (χ1n) is 10.2. The van der Waals surface area contributed by atoms with E-state index in [0.717, 1.165) is 52.2 Å². The summed E-state index contributed by atoms with van der Waals surface area (Å²) in [6.07, 6.45) is 1.82. The van der Waals surface area contributed by atoms with Crippen molar-refractivity contribution < 1.29 is 4.74 Å². The van der Waals surface area contributed by atoms with Gasteiger partial charge in [0, 0.05) is 30.1 Å². The number of nitrogens with zero attached hydrogens (tertiary/aromatic N) is 3. The van der Waals surface area contributed by atoms with Crippen LogP contribution in [-0.4, -0.2) is 26.6 Å². The summed E-state index contributed by atoms with van der Waals surface area (Å²) in [5.74, 6) is 2.03. The standard InChI is InChI=1S/C24H27ClN4O/c1-24(2,3)27-11-12-29-22(14-25)28-21-15-26-20-13-18(9-10-19(20)23(21)29)30-16-17-7-5-4-6-8-17/h4-10,13,15,27H,11-12,14,16H2,1-3H3. The smallest absolute Gasteiger partial charge is 0.124 e. The number of hydrogen-bond donors (Lipinski definition) is 1. The molecule has 0 aliphatic rings. The van der Waals surface area contributed by atoms with E-state index in [-0.39, 0.29) is 5.54 Å². The van der Waals surface area contributed by atoms with Gasteiger partial charge >= 0.3 is 0 Å². The highest BCUT2D eigenvalue weighted by Crippen LogP contribution is 2.28. The Balaban J connectivity index is 1.65. The van der Waals surface area contributed by atoms with Crippen molar-refractivity contribution in [3.8, 4) is 5.75 Å². The third kappa shape index (κ3) is 4.58. The fourth-order valence-electron chi connectivity index (χ4n) is 3.56. The van der Waals surface area contributed by atoms with Gasteiger partial charge in [0.2, 0.25) is 0 Å². The van der Waals surface area contributed by atoms with Crippen molar-refractivity contribution in [3.05, 3.63) is 66.1 Å². The van der Waals surface area contributed by atoms with Gasteiger partial charge in [-0.3, -0.25) is 4.98 Å². The highest BCUT2D eigenvalue weighted by atomic mass is 35.5. The van der Waals surface area contributed by atoms with Gasteiger partial charge in [-0.05, 0) is 38.5 Å². The molecule has 0 spiro atoms. The molecule has 0 amide bonds. The summed E-state index contributed by atoms with van der Waals surface area (Å²) in [6.45, 7) is 8.65. The molecule has 4 aromatic rings. The second kappa shape index (κ2) is 8.62. The minimum absolute atomic E-state index is 0.0616. The first kappa shape index (κ1) is 20.6. The zero-order chi connectivity index (χ0) is 21.1. The Labute approximate surface area is 182 Å². The predicted octanol–water partition coefficient (Wildman–Crippen LogP) is 5.29. The van der Waals surface area contributed by atoms with E-state index in [9.17, 15) is 0 Å². The molecule has 2 heterocycles. The molecule has 0 bridgehead atoms. The number of halogens is 1. The minimum Gasteiger partial charge on any atom is -0.489 e. The first-order chi connectivity index (χ1) is 14.4. The number of ether oxygens (including phenoxy) is 1. The van der Waals surface area contributed by atoms with Crippen LogP contribution in [0.2, 0.25) is 0 Å². The molecule has 0 aliphatic carbocycles. The van der Waals surface area contributed by atoms with Crippen LogP contribution >= 0.6 is 11.6 Å². The number of alkyl halides is 1. The Morgan fingerprint density at radius 2 is 1.87 bits per heavy atom. The van der Waals surface area contributed by atoms with Gasteiger partial charge in [0.1, 0.15) is 23.7 Å². The average Bonchev–Trinajstić information content (AvgIpc) is 3.10. The fourth-order valence-corrected chi connectivity index (χ4v) is 3.76. The van der Waals surface area contributed by atoms with E-state index in [1.807, 2.05) is 36.5 Å². The van der Waals surface area contributed by atoms with Gasteiger partial charge in [-0.15, -0.1) is 11.6 Å². The number of imidazole rings is 1. The lowest BCUT2D eigenvalue weighted by Gasteiger charge is -2.21. The quantitative estimate of drug-likeness (QED) is 0.411. The van der Waals surface area contributed by atoms with E-state index in [1.165, 1.54) is 0 Å². The molecule has 1 N–H and O–H groups in total. The summed E-state index contributed by atoms with van der Waals surface area (Å²) in [5.41, 5.74) is 4.02. The zero-order valence-electron chi connectivity index (χ0n) is 17.7. The molecule has 0 aliphatic heterocycles. The minimum atomic E-state index is 0.0616. The molecule has 0 unspecified atom stereocenters. The van der Waals surface area contributed by atoms with E-state index in [4.69, 9.17) is 21.3 Å². The number of nitrogens with one attached hydrogen (secondary N) is 1. The number of aromatic nitrogens is 3. The topological polar surface area (TPSA) is 52.0 Å². The number of hydrogen-bond acceptors (Lipinski definition) is 4. The summed E-state index contributed by atoms with van der Waals surface area (Å²) < 4.78 is 8.18. The van der Waals surface area contributed by atoms with Crippen LogP contribution in [0, 0.1) is 0 Å². The Kier molecular flexibility index (Phi) is 5.93. The van der Waals surface area contributed by atoms with E-state index in [1.54, 1.807) is 0 Å². The van der Waals surface area contributed by atoms with Crippen LogP contribution in [0.15, 0.2) is 54.7 Å². The largest absolute Gasteiger partial charge is 0.489 e. The Morgan fingerprint density at radius 1 is 1.07 bits per heavy atom. The second-order valence-electron chi connectivity index (χ2n) is 8.44. The second-order valence-corrected chi connectivity index (χ2v) is 8.70. The normalized spacial score (nSPS) is 12.0. The number of fused-ring (bicyclic) bond motifs is 3. The van der Waals surface area contributed by atoms with Gasteiger partial charge in [0.05, 0.1) is 23.1 Å². The molecule has 156 valence electrons. The lowest BCUT2D eigenvalue weighted by molar-refractivity contribution is 0.306. The van der Waals surface area contributed by atoms with Crippen LogP contribution in [-0.2, 0) is 19.0 Å². The van der Waals surface area contributed by atoms with Gasteiger partial charge in [-0.1, -0.05) is 30.3 Å². The van der Waals surface area contributed by atoms with Crippen molar-refractivity contribution in [3.63, 3.8) is 0 Å². The molecule has 0 fully saturated rings. The lowest BCUT2D eigenvalue weighted by atomic mass is 10.1. The number of pyridine rings is 1. The van der Waals surface area contributed by atoms with Crippen molar-refractivity contribution in [2.24, 2.45) is 0 Å². The van der Waals surface area contributed by atoms with Crippen molar-refractivity contribution >= 4 is 33.5 Å². The SMILES string of the molecule is CC(C)(C)NCCn1c(CCl)nc2cnc3cc(OCc4ccccc4)ccc3c21. The number of rotatable bonds is 7. The molecule has 0 atom stereocenters. The van der Waals surface area contributed by atoms with Crippen LogP contribution in [0.25, 0.3) is 21.9 Å². The van der Waals surface area contributed by atoms with E-state index in [0.29, 0.717) is 12.5 Å². The highest BCUT2D eigenvalue weighted by Gasteiger charge is 2.15. The predicted molar refractivity (Wildman–Crippen MR) is 123 cm³/mol. The zero-order valence-corrected chi connectivity index (χ0v) is 18.4. The molecule has 6 heteroatoms. The molecule has 4 rings (SSSR count). The Bertz CT molecular complexity index is 1150. The van der Waals surface area contributed by atoms with Crippen LogP contribution in [0.5, 0.6) is 5.75 Å². The van der Waals surface area contributed by atoms with Crippen molar-refractivity contribution in [1.82, 2.24) is 19.9 Å². The summed E-state index contributed by atoms with van der Waals surface area (Å²) >= 11 is 6.20. The van der Waals surface area contributed by atoms with Crippen molar-refractivity contribution in [2.45, 2.75) is 45.3 Å². The van der Waals surface area contributed by atoms with E-state index in [2.05, 4.69) is 53.8 Å². The van der Waals surface area contributed by atoms with Gasteiger partial charge in [0.25, 0.3) is 0 Å². The maximum atomic E-state index is 6.20. The van der Waals surface area contributed by atoms with Gasteiger partial charge in [0.15, 0.2) is 0 Å².